The van der Waals surface area contributed by atoms with Gasteiger partial charge >= 0.3 is 0 Å². The van der Waals surface area contributed by atoms with Crippen LogP contribution in [-0.2, 0) is 13.0 Å². The Morgan fingerprint density at radius 3 is 3.09 bits per heavy atom. The van der Waals surface area contributed by atoms with Gasteiger partial charge in [-0.05, 0) is 12.5 Å². The highest BCUT2D eigenvalue weighted by Gasteiger charge is 2.10. The lowest BCUT2D eigenvalue weighted by atomic mass is 10.3. The Balaban J connectivity index is 1.88. The normalized spacial score (nSPS) is 10.9. The van der Waals surface area contributed by atoms with E-state index < -0.39 is 0 Å². The summed E-state index contributed by atoms with van der Waals surface area (Å²) in [6.07, 6.45) is 6.44. The molecule has 0 atom stereocenters. The number of halogens is 1. The largest absolute Gasteiger partial charge is 0.366 e. The van der Waals surface area contributed by atoms with Crippen molar-refractivity contribution >= 4 is 23.1 Å². The van der Waals surface area contributed by atoms with Crippen LogP contribution in [0.5, 0.6) is 0 Å². The molecule has 0 fully saturated rings. The second kappa shape index (κ2) is 6.19. The molecule has 3 aromatic rings. The SMILES string of the molecule is CCc1cnn2c(NCc3ccc[n+](OC)c3)cc(Cl)nc12. The summed E-state index contributed by atoms with van der Waals surface area (Å²) in [5, 5.41) is 8.17. The van der Waals surface area contributed by atoms with E-state index in [0.29, 0.717) is 11.7 Å². The topological polar surface area (TPSA) is 55.3 Å². The molecular weight excluding hydrogens is 302 g/mol. The van der Waals surface area contributed by atoms with Gasteiger partial charge in [0.05, 0.1) is 6.20 Å². The molecule has 0 aliphatic carbocycles. The zero-order chi connectivity index (χ0) is 15.5. The molecule has 3 aromatic heterocycles. The molecule has 0 radical (unpaired) electrons. The molecule has 0 aromatic carbocycles. The maximum atomic E-state index is 6.12. The van der Waals surface area contributed by atoms with Crippen LogP contribution >= 0.6 is 11.6 Å². The summed E-state index contributed by atoms with van der Waals surface area (Å²) in [4.78, 5) is 9.51. The first-order valence-corrected chi connectivity index (χ1v) is 7.40. The van der Waals surface area contributed by atoms with Gasteiger partial charge in [0, 0.05) is 34.5 Å². The van der Waals surface area contributed by atoms with Crippen molar-refractivity contribution in [1.29, 1.82) is 0 Å². The number of hydrogen-bond donors (Lipinski definition) is 1. The van der Waals surface area contributed by atoms with Crippen molar-refractivity contribution in [1.82, 2.24) is 14.6 Å². The van der Waals surface area contributed by atoms with Crippen molar-refractivity contribution in [3.8, 4) is 0 Å². The molecule has 3 heterocycles. The van der Waals surface area contributed by atoms with E-state index >= 15 is 0 Å². The second-order valence-electron chi connectivity index (χ2n) is 4.83. The molecule has 0 bridgehead atoms. The van der Waals surface area contributed by atoms with E-state index in [-0.39, 0.29) is 0 Å². The highest BCUT2D eigenvalue weighted by atomic mass is 35.5. The fraction of sp³-hybridized carbons (Fsp3) is 0.267. The summed E-state index contributed by atoms with van der Waals surface area (Å²) in [6, 6.07) is 5.72. The fourth-order valence-corrected chi connectivity index (χ4v) is 2.45. The Bertz CT molecular complexity index is 802. The molecule has 0 spiro atoms. The van der Waals surface area contributed by atoms with Crippen LogP contribution in [0.1, 0.15) is 18.1 Å². The van der Waals surface area contributed by atoms with Gasteiger partial charge in [-0.2, -0.15) is 9.61 Å². The maximum Gasteiger partial charge on any atom is 0.227 e. The molecule has 114 valence electrons. The highest BCUT2D eigenvalue weighted by molar-refractivity contribution is 6.29. The molecular formula is C15H17ClN5O+. The molecule has 7 heteroatoms. The van der Waals surface area contributed by atoms with Crippen LogP contribution in [0.2, 0.25) is 5.15 Å². The number of aryl methyl sites for hydroxylation is 1. The van der Waals surface area contributed by atoms with E-state index in [9.17, 15) is 0 Å². The number of anilines is 1. The van der Waals surface area contributed by atoms with E-state index in [2.05, 4.69) is 22.3 Å². The average molecular weight is 319 g/mol. The average Bonchev–Trinajstić information content (AvgIpc) is 2.95. The number of nitrogens with zero attached hydrogens (tertiary/aromatic N) is 4. The standard InChI is InChI=1S/C15H17ClN5O/c1-3-12-9-18-21-14(7-13(16)19-15(12)21)17-8-11-5-4-6-20(10-11)22-2/h4-7,9-10,17H,3,8H2,1-2H3/q+1. The van der Waals surface area contributed by atoms with E-state index in [1.165, 1.54) is 0 Å². The lowest BCUT2D eigenvalue weighted by molar-refractivity contribution is -0.885. The summed E-state index contributed by atoms with van der Waals surface area (Å²) in [5.74, 6) is 0.808. The van der Waals surface area contributed by atoms with Gasteiger partial charge in [0.1, 0.15) is 18.1 Å². The molecule has 0 aliphatic rings. The quantitative estimate of drug-likeness (QED) is 0.577. The molecule has 6 nitrogen and oxygen atoms in total. The van der Waals surface area contributed by atoms with Crippen LogP contribution in [0.15, 0.2) is 36.8 Å². The van der Waals surface area contributed by atoms with Gasteiger partial charge < -0.3 is 5.32 Å². The van der Waals surface area contributed by atoms with Gasteiger partial charge in [0.25, 0.3) is 0 Å². The third-order valence-corrected chi connectivity index (χ3v) is 3.61. The van der Waals surface area contributed by atoms with Crippen LogP contribution < -0.4 is 14.9 Å². The Labute approximate surface area is 133 Å². The second-order valence-corrected chi connectivity index (χ2v) is 5.22. The Hall–Kier alpha value is -2.34. The Kier molecular flexibility index (Phi) is 4.11. The van der Waals surface area contributed by atoms with E-state index in [1.54, 1.807) is 22.4 Å². The molecule has 1 N–H and O–H groups in total. The van der Waals surface area contributed by atoms with Crippen molar-refractivity contribution in [3.05, 3.63) is 53.1 Å². The van der Waals surface area contributed by atoms with Crippen molar-refractivity contribution < 1.29 is 9.57 Å². The minimum absolute atomic E-state index is 0.449. The van der Waals surface area contributed by atoms with Crippen molar-refractivity contribution in [2.24, 2.45) is 0 Å². The summed E-state index contributed by atoms with van der Waals surface area (Å²) in [6.45, 7) is 2.70. The van der Waals surface area contributed by atoms with Gasteiger partial charge in [-0.1, -0.05) is 18.5 Å². The van der Waals surface area contributed by atoms with Gasteiger partial charge in [0.15, 0.2) is 5.65 Å². The van der Waals surface area contributed by atoms with E-state index in [4.69, 9.17) is 16.4 Å². The van der Waals surface area contributed by atoms with Crippen molar-refractivity contribution in [3.63, 3.8) is 0 Å². The lowest BCUT2D eigenvalue weighted by Crippen LogP contribution is -2.40. The number of pyridine rings is 1. The molecule has 3 rings (SSSR count). The van der Waals surface area contributed by atoms with Crippen LogP contribution in [0, 0.1) is 0 Å². The van der Waals surface area contributed by atoms with Crippen molar-refractivity contribution in [2.75, 3.05) is 12.4 Å². The first-order valence-electron chi connectivity index (χ1n) is 7.03. The lowest BCUT2D eigenvalue weighted by Gasteiger charge is -2.08. The molecule has 22 heavy (non-hydrogen) atoms. The molecule has 0 aliphatic heterocycles. The van der Waals surface area contributed by atoms with Crippen LogP contribution in [0.3, 0.4) is 0 Å². The Morgan fingerprint density at radius 2 is 2.32 bits per heavy atom. The molecule has 0 amide bonds. The zero-order valence-corrected chi connectivity index (χ0v) is 13.2. The molecule has 0 unspecified atom stereocenters. The van der Waals surface area contributed by atoms with Crippen LogP contribution in [0.4, 0.5) is 5.82 Å². The van der Waals surface area contributed by atoms with E-state index in [1.807, 2.05) is 30.7 Å². The number of aromatic nitrogens is 4. The maximum absolute atomic E-state index is 6.12. The number of rotatable bonds is 5. The fourth-order valence-electron chi connectivity index (χ4n) is 2.27. The summed E-state index contributed by atoms with van der Waals surface area (Å²) < 4.78 is 3.42. The summed E-state index contributed by atoms with van der Waals surface area (Å²) in [5.41, 5.74) is 2.94. The smallest absolute Gasteiger partial charge is 0.227 e. The highest BCUT2D eigenvalue weighted by Crippen LogP contribution is 2.19. The first-order chi connectivity index (χ1) is 10.7. The number of nitrogens with one attached hydrogen (secondary N) is 1. The van der Waals surface area contributed by atoms with Gasteiger partial charge in [-0.25, -0.2) is 4.98 Å². The molecule has 0 saturated heterocycles. The van der Waals surface area contributed by atoms with Gasteiger partial charge in [0.2, 0.25) is 12.4 Å². The first kappa shape index (κ1) is 14.6. The van der Waals surface area contributed by atoms with E-state index in [0.717, 1.165) is 29.0 Å². The van der Waals surface area contributed by atoms with Crippen LogP contribution in [-0.4, -0.2) is 21.7 Å². The minimum Gasteiger partial charge on any atom is -0.366 e. The third-order valence-electron chi connectivity index (χ3n) is 3.42. The third kappa shape index (κ3) is 2.82. The number of hydrogen-bond acceptors (Lipinski definition) is 4. The zero-order valence-electron chi connectivity index (χ0n) is 12.5. The summed E-state index contributed by atoms with van der Waals surface area (Å²) >= 11 is 6.12. The van der Waals surface area contributed by atoms with Gasteiger partial charge in [-0.15, -0.1) is 0 Å². The summed E-state index contributed by atoms with van der Waals surface area (Å²) in [7, 11) is 1.62. The number of fused-ring (bicyclic) bond motifs is 1. The van der Waals surface area contributed by atoms with Crippen molar-refractivity contribution in [2.45, 2.75) is 19.9 Å². The van der Waals surface area contributed by atoms with Gasteiger partial charge in [-0.3, -0.25) is 4.84 Å². The monoisotopic (exact) mass is 318 g/mol. The molecule has 0 saturated carbocycles. The minimum atomic E-state index is 0.449. The predicted octanol–water partition coefficient (Wildman–Crippen LogP) is 1.90. The predicted molar refractivity (Wildman–Crippen MR) is 83.8 cm³/mol. The van der Waals surface area contributed by atoms with Crippen LogP contribution in [0.25, 0.3) is 5.65 Å². The Morgan fingerprint density at radius 1 is 1.45 bits per heavy atom.